The number of ether oxygens (including phenoxy) is 2. The number of cyclic esters (lactones) is 1. The molecule has 5 N–H and O–H groups in total. The largest absolute Gasteiger partial charge is 0.525 e. The highest BCUT2D eigenvalue weighted by Crippen LogP contribution is 2.42. The topological polar surface area (TPSA) is 180 Å². The van der Waals surface area contributed by atoms with Crippen molar-refractivity contribution in [2.24, 2.45) is 0 Å². The molecule has 0 spiro atoms. The number of phosphoric ester groups is 1. The van der Waals surface area contributed by atoms with Crippen LogP contribution >= 0.6 is 7.82 Å². The number of carbonyl (C=O) groups excluding carboxylic acids is 2. The van der Waals surface area contributed by atoms with Crippen molar-refractivity contribution in [1.29, 1.82) is 0 Å². The van der Waals surface area contributed by atoms with E-state index in [0.717, 1.165) is 44.9 Å². The molecule has 0 saturated carbocycles. The number of hydrogen-bond acceptors (Lipinski definition) is 9. The molecule has 11 nitrogen and oxygen atoms in total. The van der Waals surface area contributed by atoms with Gasteiger partial charge in [0.2, 0.25) is 6.29 Å². The van der Waals surface area contributed by atoms with E-state index in [-0.39, 0.29) is 6.42 Å². The smallest absolute Gasteiger partial charge is 0.505 e. The number of esters is 2. The first-order valence-electron chi connectivity index (χ1n) is 12.3. The molecule has 12 heteroatoms. The average Bonchev–Trinajstić information content (AvgIpc) is 3.08. The molecule has 0 aromatic heterocycles. The van der Waals surface area contributed by atoms with E-state index in [4.69, 9.17) is 14.5 Å². The highest BCUT2D eigenvalue weighted by molar-refractivity contribution is 7.46. The van der Waals surface area contributed by atoms with E-state index in [2.05, 4.69) is 40.5 Å². The molecular weight excluding hydrogens is 495 g/mol. The molecule has 0 aliphatic carbocycles. The van der Waals surface area contributed by atoms with Crippen LogP contribution in [0.3, 0.4) is 0 Å². The summed E-state index contributed by atoms with van der Waals surface area (Å²) in [6, 6.07) is 0. The Labute approximate surface area is 211 Å². The molecule has 36 heavy (non-hydrogen) atoms. The molecule has 0 aromatic carbocycles. The van der Waals surface area contributed by atoms with E-state index in [1.54, 1.807) is 0 Å². The first kappa shape index (κ1) is 31.9. The summed E-state index contributed by atoms with van der Waals surface area (Å²) in [5, 5.41) is 29.7. The van der Waals surface area contributed by atoms with Crippen molar-refractivity contribution in [2.45, 2.75) is 102 Å². The molecule has 0 saturated heterocycles. The zero-order valence-electron chi connectivity index (χ0n) is 20.7. The fraction of sp³-hybridized carbons (Fsp3) is 0.667. The van der Waals surface area contributed by atoms with Crippen LogP contribution in [0.1, 0.15) is 84.0 Å². The van der Waals surface area contributed by atoms with Crippen LogP contribution in [0.2, 0.25) is 0 Å². The molecule has 1 aliphatic heterocycles. The molecule has 1 rings (SSSR count). The summed E-state index contributed by atoms with van der Waals surface area (Å²) in [6.45, 7) is 2.19. The number of allylic oxidation sites excluding steroid dienone is 4. The van der Waals surface area contributed by atoms with Crippen LogP contribution < -0.4 is 0 Å². The van der Waals surface area contributed by atoms with Gasteiger partial charge in [-0.2, -0.15) is 0 Å². The Morgan fingerprint density at radius 2 is 1.58 bits per heavy atom. The Balaban J connectivity index is 2.18. The fourth-order valence-corrected chi connectivity index (χ4v) is 3.79. The summed E-state index contributed by atoms with van der Waals surface area (Å²) in [6.07, 6.45) is 13.8. The minimum atomic E-state index is -5.18. The maximum Gasteiger partial charge on any atom is 0.525 e. The summed E-state index contributed by atoms with van der Waals surface area (Å²) in [5.41, 5.74) is 0. The summed E-state index contributed by atoms with van der Waals surface area (Å²) in [5.74, 6) is -4.59. The standard InChI is InChI=1S/C24H39O11P/c1-2-3-4-5-6-7-8-9-10-11-12-13-14-15-16-17-18(25)33-23(28)20(27)21-19(26)22(24(29)34-21)35-36(30,31)32/h6-7,9-10,20-21,23,26-28H,2-5,8,11-17H2,1H3,(H2,30,31,32)/b7-6-,10-9-/t20-,21+,23?/m1/s1. The minimum absolute atomic E-state index is 0.00683. The summed E-state index contributed by atoms with van der Waals surface area (Å²) >= 11 is 0. The lowest BCUT2D eigenvalue weighted by Crippen LogP contribution is -2.41. The SMILES string of the molecule is CCCCC/C=C\C/C=C\CCCCCCCC(=O)OC(O)[C@H](O)[C@H]1OC(=O)C(OP(=O)(O)O)=C1O. The second-order valence-electron chi connectivity index (χ2n) is 8.47. The zero-order valence-corrected chi connectivity index (χ0v) is 21.6. The van der Waals surface area contributed by atoms with Gasteiger partial charge in [-0.05, 0) is 38.5 Å². The van der Waals surface area contributed by atoms with Gasteiger partial charge in [-0.1, -0.05) is 63.3 Å². The molecule has 1 unspecified atom stereocenters. The Morgan fingerprint density at radius 3 is 2.19 bits per heavy atom. The number of unbranched alkanes of at least 4 members (excludes halogenated alkanes) is 8. The third-order valence-corrected chi connectivity index (χ3v) is 5.74. The zero-order chi connectivity index (χ0) is 27.0. The van der Waals surface area contributed by atoms with E-state index >= 15 is 0 Å². The Hall–Kier alpha value is -2.17. The summed E-state index contributed by atoms with van der Waals surface area (Å²) in [7, 11) is -5.18. The molecule has 206 valence electrons. The molecule has 1 aliphatic rings. The number of phosphoric acid groups is 1. The van der Waals surface area contributed by atoms with E-state index in [1.807, 2.05) is 0 Å². The van der Waals surface area contributed by atoms with Crippen LogP contribution in [0.15, 0.2) is 35.8 Å². The van der Waals surface area contributed by atoms with Gasteiger partial charge in [0.1, 0.15) is 0 Å². The number of aliphatic hydroxyl groups excluding tert-OH is 3. The third-order valence-electron chi connectivity index (χ3n) is 5.32. The number of carbonyl (C=O) groups is 2. The number of hydrogen-bond donors (Lipinski definition) is 5. The number of rotatable bonds is 19. The summed E-state index contributed by atoms with van der Waals surface area (Å²) < 4.78 is 24.1. The Kier molecular flexibility index (Phi) is 15.3. The van der Waals surface area contributed by atoms with Crippen LogP contribution in [0.5, 0.6) is 0 Å². The quantitative estimate of drug-likeness (QED) is 0.0534. The molecule has 0 aromatic rings. The van der Waals surface area contributed by atoms with E-state index in [0.29, 0.717) is 6.42 Å². The second kappa shape index (κ2) is 17.3. The maximum absolute atomic E-state index is 11.9. The van der Waals surface area contributed by atoms with Crippen molar-refractivity contribution in [2.75, 3.05) is 0 Å². The predicted octanol–water partition coefficient (Wildman–Crippen LogP) is 3.83. The van der Waals surface area contributed by atoms with Crippen LogP contribution in [-0.4, -0.2) is 55.5 Å². The normalized spacial score (nSPS) is 18.1. The molecule has 0 radical (unpaired) electrons. The van der Waals surface area contributed by atoms with Gasteiger partial charge in [0.25, 0.3) is 5.76 Å². The Bertz CT molecular complexity index is 815. The lowest BCUT2D eigenvalue weighted by molar-refractivity contribution is -0.200. The molecular formula is C24H39O11P. The van der Waals surface area contributed by atoms with Gasteiger partial charge >= 0.3 is 19.8 Å². The third kappa shape index (κ3) is 13.2. The minimum Gasteiger partial charge on any atom is -0.505 e. The lowest BCUT2D eigenvalue weighted by atomic mass is 10.1. The van der Waals surface area contributed by atoms with Gasteiger partial charge in [0, 0.05) is 6.42 Å². The van der Waals surface area contributed by atoms with Gasteiger partial charge in [0.15, 0.2) is 18.0 Å². The molecule has 3 atom stereocenters. The van der Waals surface area contributed by atoms with E-state index < -0.39 is 49.8 Å². The van der Waals surface area contributed by atoms with Crippen LogP contribution in [-0.2, 0) is 28.2 Å². The second-order valence-corrected chi connectivity index (χ2v) is 9.64. The van der Waals surface area contributed by atoms with Crippen molar-refractivity contribution in [3.63, 3.8) is 0 Å². The van der Waals surface area contributed by atoms with Gasteiger partial charge in [-0.3, -0.25) is 14.6 Å². The van der Waals surface area contributed by atoms with Crippen molar-refractivity contribution < 1.29 is 53.3 Å². The highest BCUT2D eigenvalue weighted by Gasteiger charge is 2.46. The fourth-order valence-electron chi connectivity index (χ4n) is 3.39. The summed E-state index contributed by atoms with van der Waals surface area (Å²) in [4.78, 5) is 41.0. The van der Waals surface area contributed by atoms with Crippen molar-refractivity contribution in [3.05, 3.63) is 35.8 Å². The van der Waals surface area contributed by atoms with Crippen LogP contribution in [0.25, 0.3) is 0 Å². The lowest BCUT2D eigenvalue weighted by Gasteiger charge is -2.22. The molecule has 0 fully saturated rings. The first-order chi connectivity index (χ1) is 17.1. The first-order valence-corrected chi connectivity index (χ1v) is 13.8. The van der Waals surface area contributed by atoms with Gasteiger partial charge in [-0.15, -0.1) is 0 Å². The maximum atomic E-state index is 11.9. The molecule has 0 amide bonds. The van der Waals surface area contributed by atoms with E-state index in [1.165, 1.54) is 19.3 Å². The van der Waals surface area contributed by atoms with Crippen molar-refractivity contribution >= 4 is 19.8 Å². The van der Waals surface area contributed by atoms with Crippen molar-refractivity contribution in [1.82, 2.24) is 0 Å². The van der Waals surface area contributed by atoms with Gasteiger partial charge in [-0.25, -0.2) is 9.36 Å². The van der Waals surface area contributed by atoms with Gasteiger partial charge in [0.05, 0.1) is 0 Å². The molecule has 0 bridgehead atoms. The Morgan fingerprint density at radius 1 is 1.00 bits per heavy atom. The van der Waals surface area contributed by atoms with Gasteiger partial charge < -0.3 is 29.3 Å². The van der Waals surface area contributed by atoms with E-state index in [9.17, 15) is 29.5 Å². The monoisotopic (exact) mass is 534 g/mol. The predicted molar refractivity (Wildman–Crippen MR) is 130 cm³/mol. The molecule has 1 heterocycles. The van der Waals surface area contributed by atoms with Crippen LogP contribution in [0.4, 0.5) is 0 Å². The van der Waals surface area contributed by atoms with Crippen molar-refractivity contribution in [3.8, 4) is 0 Å². The van der Waals surface area contributed by atoms with Crippen LogP contribution in [0, 0.1) is 0 Å². The highest BCUT2D eigenvalue weighted by atomic mass is 31.2. The number of aliphatic hydroxyl groups is 3. The average molecular weight is 535 g/mol.